The minimum atomic E-state index is 0.496. The molecule has 1 aliphatic carbocycles. The Hall–Kier alpha value is -1.28. The van der Waals surface area contributed by atoms with Crippen LogP contribution < -0.4 is 5.32 Å². The normalized spacial score (nSPS) is 25.3. The molecule has 1 saturated carbocycles. The van der Waals surface area contributed by atoms with E-state index in [4.69, 9.17) is 0 Å². The topological polar surface area (TPSA) is 27.8 Å². The zero-order valence-electron chi connectivity index (χ0n) is 13.6. The maximum Gasteiger partial charge on any atom is 0.0456 e. The Morgan fingerprint density at radius 2 is 2.05 bits per heavy atom. The Bertz CT molecular complexity index is 596. The van der Waals surface area contributed by atoms with E-state index in [0.717, 1.165) is 18.9 Å². The van der Waals surface area contributed by atoms with Gasteiger partial charge in [-0.25, -0.2) is 0 Å². The molecule has 0 spiro atoms. The van der Waals surface area contributed by atoms with Gasteiger partial charge in [0.25, 0.3) is 0 Å². The van der Waals surface area contributed by atoms with Crippen LogP contribution in [-0.4, -0.2) is 17.6 Å². The number of para-hydroxylation sites is 1. The Morgan fingerprint density at radius 1 is 1.24 bits per heavy atom. The van der Waals surface area contributed by atoms with E-state index in [9.17, 15) is 0 Å². The average molecular weight is 284 g/mol. The zero-order chi connectivity index (χ0) is 14.9. The average Bonchev–Trinajstić information content (AvgIpc) is 2.80. The molecule has 2 atom stereocenters. The summed E-state index contributed by atoms with van der Waals surface area (Å²) in [5.74, 6) is 0.847. The fourth-order valence-corrected chi connectivity index (χ4v) is 4.25. The molecule has 0 amide bonds. The summed E-state index contributed by atoms with van der Waals surface area (Å²) in [4.78, 5) is 3.37. The first kappa shape index (κ1) is 14.6. The number of H-pyrrole nitrogens is 1. The lowest BCUT2D eigenvalue weighted by atomic mass is 9.70. The van der Waals surface area contributed by atoms with E-state index in [1.165, 1.54) is 35.7 Å². The highest BCUT2D eigenvalue weighted by Gasteiger charge is 2.31. The summed E-state index contributed by atoms with van der Waals surface area (Å²) >= 11 is 0. The number of rotatable bonds is 4. The van der Waals surface area contributed by atoms with Gasteiger partial charge in [-0.05, 0) is 55.2 Å². The van der Waals surface area contributed by atoms with Gasteiger partial charge in [0.2, 0.25) is 0 Å². The zero-order valence-corrected chi connectivity index (χ0v) is 13.6. The highest BCUT2D eigenvalue weighted by molar-refractivity contribution is 5.83. The van der Waals surface area contributed by atoms with Crippen LogP contribution in [0.25, 0.3) is 10.9 Å². The highest BCUT2D eigenvalue weighted by Crippen LogP contribution is 2.38. The predicted octanol–water partition coefficient (Wildman–Crippen LogP) is 4.51. The number of benzene rings is 1. The highest BCUT2D eigenvalue weighted by atomic mass is 14.9. The number of aromatic amines is 1. The predicted molar refractivity (Wildman–Crippen MR) is 90.6 cm³/mol. The van der Waals surface area contributed by atoms with E-state index >= 15 is 0 Å². The molecule has 2 nitrogen and oxygen atoms in total. The second-order valence-electron chi connectivity index (χ2n) is 7.67. The third-order valence-electron chi connectivity index (χ3n) is 4.89. The molecule has 2 heteroatoms. The summed E-state index contributed by atoms with van der Waals surface area (Å²) in [5, 5.41) is 5.17. The van der Waals surface area contributed by atoms with Crippen LogP contribution in [0, 0.1) is 11.3 Å². The van der Waals surface area contributed by atoms with Crippen LogP contribution in [0.5, 0.6) is 0 Å². The van der Waals surface area contributed by atoms with Gasteiger partial charge < -0.3 is 10.3 Å². The molecule has 2 unspecified atom stereocenters. The maximum absolute atomic E-state index is 3.80. The van der Waals surface area contributed by atoms with E-state index in [1.54, 1.807) is 0 Å². The molecule has 2 N–H and O–H groups in total. The molecule has 0 bridgehead atoms. The van der Waals surface area contributed by atoms with Gasteiger partial charge in [-0.1, -0.05) is 39.0 Å². The first-order valence-corrected chi connectivity index (χ1v) is 8.32. The van der Waals surface area contributed by atoms with E-state index in [2.05, 4.69) is 61.5 Å². The number of hydrogen-bond donors (Lipinski definition) is 2. The van der Waals surface area contributed by atoms with Crippen molar-refractivity contribution in [1.82, 2.24) is 10.3 Å². The maximum atomic E-state index is 3.80. The molecule has 1 aromatic heterocycles. The minimum Gasteiger partial charge on any atom is -0.361 e. The number of aromatic nitrogens is 1. The molecular weight excluding hydrogens is 256 g/mol. The lowest BCUT2D eigenvalue weighted by molar-refractivity contribution is 0.152. The van der Waals surface area contributed by atoms with Gasteiger partial charge in [-0.2, -0.15) is 0 Å². The van der Waals surface area contributed by atoms with Crippen molar-refractivity contribution in [1.29, 1.82) is 0 Å². The Morgan fingerprint density at radius 3 is 2.86 bits per heavy atom. The van der Waals surface area contributed by atoms with Crippen LogP contribution in [0.3, 0.4) is 0 Å². The molecule has 2 aromatic rings. The van der Waals surface area contributed by atoms with E-state index < -0.39 is 0 Å². The molecule has 1 aromatic carbocycles. The third kappa shape index (κ3) is 3.49. The molecule has 1 heterocycles. The van der Waals surface area contributed by atoms with Crippen molar-refractivity contribution >= 4 is 10.9 Å². The summed E-state index contributed by atoms with van der Waals surface area (Å²) in [7, 11) is 0. The molecule has 1 aliphatic rings. The Labute approximate surface area is 128 Å². The minimum absolute atomic E-state index is 0.496. The van der Waals surface area contributed by atoms with Crippen LogP contribution in [0.2, 0.25) is 0 Å². The van der Waals surface area contributed by atoms with Gasteiger partial charge in [0.15, 0.2) is 0 Å². The molecule has 21 heavy (non-hydrogen) atoms. The second-order valence-corrected chi connectivity index (χ2v) is 7.67. The number of fused-ring (bicyclic) bond motifs is 1. The quantitative estimate of drug-likeness (QED) is 0.849. The SMILES string of the molecule is CC1CC(NCCc2c[nH]c3ccccc23)CC(C)(C)C1. The van der Waals surface area contributed by atoms with Crippen molar-refractivity contribution in [2.45, 2.75) is 52.5 Å². The largest absolute Gasteiger partial charge is 0.361 e. The van der Waals surface area contributed by atoms with E-state index in [1.807, 2.05) is 0 Å². The third-order valence-corrected chi connectivity index (χ3v) is 4.89. The smallest absolute Gasteiger partial charge is 0.0456 e. The van der Waals surface area contributed by atoms with Gasteiger partial charge in [0.05, 0.1) is 0 Å². The van der Waals surface area contributed by atoms with Crippen LogP contribution in [0.4, 0.5) is 0 Å². The van der Waals surface area contributed by atoms with Crippen molar-refractivity contribution in [2.24, 2.45) is 11.3 Å². The van der Waals surface area contributed by atoms with Gasteiger partial charge >= 0.3 is 0 Å². The molecule has 0 saturated heterocycles. The summed E-state index contributed by atoms with van der Waals surface area (Å²) in [6, 6.07) is 9.27. The van der Waals surface area contributed by atoms with Crippen molar-refractivity contribution in [3.05, 3.63) is 36.0 Å². The lowest BCUT2D eigenvalue weighted by Gasteiger charge is -2.39. The summed E-state index contributed by atoms with van der Waals surface area (Å²) in [6.45, 7) is 8.30. The molecular formula is C19H28N2. The Kier molecular flexibility index (Phi) is 4.08. The van der Waals surface area contributed by atoms with Gasteiger partial charge in [-0.15, -0.1) is 0 Å². The molecule has 114 valence electrons. The van der Waals surface area contributed by atoms with Gasteiger partial charge in [-0.3, -0.25) is 0 Å². The summed E-state index contributed by atoms with van der Waals surface area (Å²) in [5.41, 5.74) is 3.18. The number of hydrogen-bond acceptors (Lipinski definition) is 1. The lowest BCUT2D eigenvalue weighted by Crippen LogP contribution is -2.40. The fourth-order valence-electron chi connectivity index (χ4n) is 4.25. The molecule has 1 fully saturated rings. The van der Waals surface area contributed by atoms with E-state index in [-0.39, 0.29) is 0 Å². The Balaban J connectivity index is 1.56. The monoisotopic (exact) mass is 284 g/mol. The van der Waals surface area contributed by atoms with Crippen LogP contribution >= 0.6 is 0 Å². The number of nitrogens with one attached hydrogen (secondary N) is 2. The first-order chi connectivity index (χ1) is 10.0. The van der Waals surface area contributed by atoms with Gasteiger partial charge in [0.1, 0.15) is 0 Å². The molecule has 0 radical (unpaired) electrons. The summed E-state index contributed by atoms with van der Waals surface area (Å²) < 4.78 is 0. The van der Waals surface area contributed by atoms with Crippen molar-refractivity contribution < 1.29 is 0 Å². The molecule has 3 rings (SSSR count). The van der Waals surface area contributed by atoms with Crippen molar-refractivity contribution in [2.75, 3.05) is 6.54 Å². The van der Waals surface area contributed by atoms with Crippen molar-refractivity contribution in [3.63, 3.8) is 0 Å². The standard InChI is InChI=1S/C19H28N2/c1-14-10-16(12-19(2,3)11-14)20-9-8-15-13-21-18-7-5-4-6-17(15)18/h4-7,13-14,16,20-21H,8-12H2,1-3H3. The second kappa shape index (κ2) is 5.84. The van der Waals surface area contributed by atoms with E-state index in [0.29, 0.717) is 11.5 Å². The summed E-state index contributed by atoms with van der Waals surface area (Å²) in [6.07, 6.45) is 7.28. The van der Waals surface area contributed by atoms with Gasteiger partial charge in [0, 0.05) is 23.1 Å². The first-order valence-electron chi connectivity index (χ1n) is 8.32. The molecule has 0 aliphatic heterocycles. The van der Waals surface area contributed by atoms with Crippen LogP contribution in [-0.2, 0) is 6.42 Å². The van der Waals surface area contributed by atoms with Crippen molar-refractivity contribution in [3.8, 4) is 0 Å². The fraction of sp³-hybridized carbons (Fsp3) is 0.579. The van der Waals surface area contributed by atoms with Crippen LogP contribution in [0.1, 0.15) is 45.6 Å². The van der Waals surface area contributed by atoms with Crippen LogP contribution in [0.15, 0.2) is 30.5 Å².